The maximum absolute atomic E-state index is 11.4. The second-order valence-electron chi connectivity index (χ2n) is 5.32. The summed E-state index contributed by atoms with van der Waals surface area (Å²) in [5.41, 5.74) is 0. The van der Waals surface area contributed by atoms with Crippen molar-refractivity contribution in [2.75, 3.05) is 0 Å². The molecule has 0 fully saturated rings. The van der Waals surface area contributed by atoms with E-state index in [1.807, 2.05) is 0 Å². The summed E-state index contributed by atoms with van der Waals surface area (Å²) in [6, 6.07) is -0.943. The van der Waals surface area contributed by atoms with Crippen LogP contribution in [0.4, 0.5) is 0 Å². The van der Waals surface area contributed by atoms with E-state index in [-0.39, 0.29) is 35.3 Å². The number of aliphatic carboxylic acids is 1. The summed E-state index contributed by atoms with van der Waals surface area (Å²) in [5.74, 6) is -1.35. The number of carboxylic acids is 1. The van der Waals surface area contributed by atoms with E-state index in [9.17, 15) is 14.7 Å². The zero-order valence-corrected chi connectivity index (χ0v) is 15.9. The quantitative estimate of drug-likeness (QED) is 0.266. The van der Waals surface area contributed by atoms with Crippen molar-refractivity contribution in [2.24, 2.45) is 4.99 Å². The number of Topliss-reactive ketones (excluding diaryl/α,β-unsaturated/α-hetero) is 1. The molecule has 0 amide bonds. The normalized spacial score (nSPS) is 12.1. The smallest absolute Gasteiger partial charge is 0.548 e. The summed E-state index contributed by atoms with van der Waals surface area (Å²) in [5, 5.41) is 10.4. The van der Waals surface area contributed by atoms with Crippen LogP contribution in [-0.2, 0) is 9.59 Å². The number of carboxylic acid groups (broad SMARTS) is 1. The summed E-state index contributed by atoms with van der Waals surface area (Å²) in [6.45, 7) is 3.62. The molecule has 0 aromatic carbocycles. The topological polar surface area (TPSA) is 69.6 Å². The zero-order valence-electron chi connectivity index (χ0n) is 13.9. The second kappa shape index (κ2) is 16.2. The molecule has 116 valence electrons. The number of aliphatic imine (C=N–C) groups is 1. The molecule has 4 nitrogen and oxygen atoms in total. The maximum Gasteiger partial charge on any atom is 1.00 e. The van der Waals surface area contributed by atoms with Gasteiger partial charge in [0.25, 0.3) is 0 Å². The van der Waals surface area contributed by atoms with Gasteiger partial charge < -0.3 is 9.90 Å². The Labute approximate surface area is 151 Å². The van der Waals surface area contributed by atoms with Gasteiger partial charge in [-0.15, -0.1) is 0 Å². The molecule has 0 heterocycles. The van der Waals surface area contributed by atoms with Gasteiger partial charge in [-0.3, -0.25) is 9.79 Å². The summed E-state index contributed by atoms with van der Waals surface area (Å²) in [7, 11) is 0. The molecule has 0 saturated carbocycles. The molecular weight excluding hydrogens is 277 g/mol. The van der Waals surface area contributed by atoms with Gasteiger partial charge in [0.1, 0.15) is 0 Å². The summed E-state index contributed by atoms with van der Waals surface area (Å²) < 4.78 is 0. The van der Waals surface area contributed by atoms with Crippen molar-refractivity contribution >= 4 is 18.0 Å². The largest absolute Gasteiger partial charge is 1.00 e. The van der Waals surface area contributed by atoms with Crippen molar-refractivity contribution < 1.29 is 44.3 Å². The SMILES string of the molecule is CCCCCCCCCCCC(=O)C=N[C@@H](C)C(=O)[O-].[Na+]. The molecular formula is C16H28NNaO3. The second-order valence-corrected chi connectivity index (χ2v) is 5.32. The van der Waals surface area contributed by atoms with Gasteiger partial charge in [-0.2, -0.15) is 0 Å². The van der Waals surface area contributed by atoms with E-state index in [4.69, 9.17) is 0 Å². The van der Waals surface area contributed by atoms with E-state index in [1.54, 1.807) is 0 Å². The van der Waals surface area contributed by atoms with Gasteiger partial charge in [0, 0.05) is 6.42 Å². The average Bonchev–Trinajstić information content (AvgIpc) is 2.42. The minimum Gasteiger partial charge on any atom is -0.548 e. The Bertz CT molecular complexity index is 306. The van der Waals surface area contributed by atoms with Crippen LogP contribution < -0.4 is 34.7 Å². The van der Waals surface area contributed by atoms with Crippen LogP contribution in [0, 0.1) is 0 Å². The third-order valence-corrected chi connectivity index (χ3v) is 3.31. The van der Waals surface area contributed by atoms with Crippen LogP contribution in [0.1, 0.15) is 78.1 Å². The summed E-state index contributed by atoms with van der Waals surface area (Å²) >= 11 is 0. The van der Waals surface area contributed by atoms with Crippen LogP contribution in [0.5, 0.6) is 0 Å². The van der Waals surface area contributed by atoms with E-state index >= 15 is 0 Å². The fourth-order valence-electron chi connectivity index (χ4n) is 1.93. The minimum atomic E-state index is -1.25. The Morgan fingerprint density at radius 2 is 1.48 bits per heavy atom. The van der Waals surface area contributed by atoms with Crippen LogP contribution in [0.3, 0.4) is 0 Å². The van der Waals surface area contributed by atoms with E-state index < -0.39 is 12.0 Å². The molecule has 0 spiro atoms. The number of carbonyl (C=O) groups is 2. The van der Waals surface area contributed by atoms with Crippen molar-refractivity contribution in [2.45, 2.75) is 84.1 Å². The third-order valence-electron chi connectivity index (χ3n) is 3.31. The summed E-state index contributed by atoms with van der Waals surface area (Å²) in [6.07, 6.45) is 12.5. The molecule has 0 aliphatic carbocycles. The molecule has 21 heavy (non-hydrogen) atoms. The van der Waals surface area contributed by atoms with E-state index in [0.717, 1.165) is 19.1 Å². The first-order valence-corrected chi connectivity index (χ1v) is 7.84. The number of rotatable bonds is 13. The van der Waals surface area contributed by atoms with Crippen molar-refractivity contribution in [1.29, 1.82) is 0 Å². The molecule has 0 aliphatic rings. The number of hydrogen-bond donors (Lipinski definition) is 0. The van der Waals surface area contributed by atoms with Gasteiger partial charge in [0.15, 0.2) is 5.78 Å². The molecule has 0 rings (SSSR count). The molecule has 0 unspecified atom stereocenters. The van der Waals surface area contributed by atoms with Crippen molar-refractivity contribution in [1.82, 2.24) is 0 Å². The molecule has 0 saturated heterocycles. The van der Waals surface area contributed by atoms with E-state index in [1.165, 1.54) is 51.9 Å². The zero-order chi connectivity index (χ0) is 15.2. The third kappa shape index (κ3) is 16.0. The molecule has 0 aromatic heterocycles. The molecule has 0 bridgehead atoms. The predicted octanol–water partition coefficient (Wildman–Crippen LogP) is -0.310. The molecule has 0 aromatic rings. The fourth-order valence-corrected chi connectivity index (χ4v) is 1.93. The Morgan fingerprint density at radius 3 is 1.95 bits per heavy atom. The van der Waals surface area contributed by atoms with Crippen molar-refractivity contribution in [3.8, 4) is 0 Å². The maximum atomic E-state index is 11.4. The van der Waals surface area contributed by atoms with Gasteiger partial charge in [-0.1, -0.05) is 58.3 Å². The van der Waals surface area contributed by atoms with Gasteiger partial charge in [0.2, 0.25) is 0 Å². The van der Waals surface area contributed by atoms with Gasteiger partial charge in [-0.05, 0) is 13.3 Å². The minimum absolute atomic E-state index is 0. The Morgan fingerprint density at radius 1 is 1.00 bits per heavy atom. The first-order valence-electron chi connectivity index (χ1n) is 7.84. The Hall–Kier alpha value is -0.190. The molecule has 0 radical (unpaired) electrons. The van der Waals surface area contributed by atoms with Crippen molar-refractivity contribution in [3.63, 3.8) is 0 Å². The Kier molecular flexibility index (Phi) is 17.8. The average molecular weight is 305 g/mol. The fraction of sp³-hybridized carbons (Fsp3) is 0.812. The van der Waals surface area contributed by atoms with Gasteiger partial charge in [0.05, 0.1) is 18.2 Å². The van der Waals surface area contributed by atoms with Crippen LogP contribution in [0.25, 0.3) is 0 Å². The Balaban J connectivity index is 0. The first-order chi connectivity index (χ1) is 9.57. The van der Waals surface area contributed by atoms with Crippen LogP contribution in [0.2, 0.25) is 0 Å². The van der Waals surface area contributed by atoms with Gasteiger partial charge >= 0.3 is 29.6 Å². The van der Waals surface area contributed by atoms with E-state index in [0.29, 0.717) is 6.42 Å². The van der Waals surface area contributed by atoms with Crippen molar-refractivity contribution in [3.05, 3.63) is 0 Å². The van der Waals surface area contributed by atoms with Crippen LogP contribution in [-0.4, -0.2) is 24.0 Å². The number of hydrogen-bond acceptors (Lipinski definition) is 4. The van der Waals surface area contributed by atoms with Crippen LogP contribution >= 0.6 is 0 Å². The molecule has 5 heteroatoms. The van der Waals surface area contributed by atoms with Gasteiger partial charge in [-0.25, -0.2) is 0 Å². The number of carbonyl (C=O) groups excluding carboxylic acids is 2. The molecule has 0 N–H and O–H groups in total. The van der Waals surface area contributed by atoms with Crippen LogP contribution in [0.15, 0.2) is 4.99 Å². The van der Waals surface area contributed by atoms with E-state index in [2.05, 4.69) is 11.9 Å². The molecule has 1 atom stereocenters. The predicted molar refractivity (Wildman–Crippen MR) is 79.8 cm³/mol. The number of nitrogens with zero attached hydrogens (tertiary/aromatic N) is 1. The standard InChI is InChI=1S/C16H29NO3.Na/c1-3-4-5-6-7-8-9-10-11-12-15(18)13-17-14(2)16(19)20;/h13-14H,3-12H2,1-2H3,(H,19,20);/q;+1/p-1/t14-;/m0./s1. The first kappa shape index (κ1) is 23.1. The number of unbranched alkanes of at least 4 members (excludes halogenated alkanes) is 8. The summed E-state index contributed by atoms with van der Waals surface area (Å²) in [4.78, 5) is 25.5. The monoisotopic (exact) mass is 305 g/mol. The molecule has 0 aliphatic heterocycles. The number of ketones is 1.